The van der Waals surface area contributed by atoms with Crippen LogP contribution in [-0.2, 0) is 13.1 Å². The molecule has 0 saturated heterocycles. The minimum absolute atomic E-state index is 0.0100. The Kier molecular flexibility index (Phi) is 5.59. The van der Waals surface area contributed by atoms with E-state index in [4.69, 9.17) is 4.74 Å². The lowest BCUT2D eigenvalue weighted by molar-refractivity contribution is 0.101. The number of ether oxygens (including phenoxy) is 1. The number of aromatic nitrogens is 2. The maximum atomic E-state index is 11.7. The zero-order valence-electron chi connectivity index (χ0n) is 14.9. The van der Waals surface area contributed by atoms with Crippen LogP contribution in [0, 0.1) is 0 Å². The summed E-state index contributed by atoms with van der Waals surface area (Å²) < 4.78 is 5.56. The highest BCUT2D eigenvalue weighted by Gasteiger charge is 2.16. The number of pyridine rings is 2. The molecule has 0 amide bonds. The first-order valence-electron chi connectivity index (χ1n) is 8.41. The Labute approximate surface area is 153 Å². The Hall–Kier alpha value is -3.21. The highest BCUT2D eigenvalue weighted by molar-refractivity contribution is 5.95. The Morgan fingerprint density at radius 3 is 2.04 bits per heavy atom. The summed E-state index contributed by atoms with van der Waals surface area (Å²) in [6.07, 6.45) is 3.56. The molecule has 1 aromatic carbocycles. The van der Waals surface area contributed by atoms with Gasteiger partial charge >= 0.3 is 0 Å². The molecule has 0 aliphatic heterocycles. The predicted molar refractivity (Wildman–Crippen MR) is 101 cm³/mol. The van der Waals surface area contributed by atoms with Crippen LogP contribution in [0.2, 0.25) is 0 Å². The minimum atomic E-state index is 0.0100. The average molecular weight is 347 g/mol. The Morgan fingerprint density at radius 1 is 0.962 bits per heavy atom. The summed E-state index contributed by atoms with van der Waals surface area (Å²) in [5.74, 6) is 0.667. The number of rotatable bonds is 7. The van der Waals surface area contributed by atoms with Crippen LogP contribution >= 0.6 is 0 Å². The fourth-order valence-corrected chi connectivity index (χ4v) is 2.76. The van der Waals surface area contributed by atoms with Crippen LogP contribution in [0.4, 0.5) is 5.69 Å². The van der Waals surface area contributed by atoms with Gasteiger partial charge in [0.25, 0.3) is 0 Å². The summed E-state index contributed by atoms with van der Waals surface area (Å²) in [6, 6.07) is 17.2. The molecule has 0 atom stereocenters. The van der Waals surface area contributed by atoms with Crippen molar-refractivity contribution >= 4 is 11.5 Å². The number of carbonyl (C=O) groups excluding carboxylic acids is 1. The summed E-state index contributed by atoms with van der Waals surface area (Å²) >= 11 is 0. The molecule has 0 fully saturated rings. The maximum absolute atomic E-state index is 11.7. The third-order valence-electron chi connectivity index (χ3n) is 4.08. The second-order valence-electron chi connectivity index (χ2n) is 5.94. The fourth-order valence-electron chi connectivity index (χ4n) is 2.76. The number of hydrogen-bond acceptors (Lipinski definition) is 5. The van der Waals surface area contributed by atoms with Gasteiger partial charge in [-0.05, 0) is 49.4 Å². The molecule has 132 valence electrons. The van der Waals surface area contributed by atoms with E-state index in [0.717, 1.165) is 17.1 Å². The normalized spacial score (nSPS) is 10.4. The van der Waals surface area contributed by atoms with Gasteiger partial charge in [-0.15, -0.1) is 0 Å². The zero-order valence-corrected chi connectivity index (χ0v) is 14.9. The first kappa shape index (κ1) is 17.6. The van der Waals surface area contributed by atoms with Gasteiger partial charge in [-0.25, -0.2) is 0 Å². The van der Waals surface area contributed by atoms with Gasteiger partial charge in [0.1, 0.15) is 5.75 Å². The monoisotopic (exact) mass is 347 g/mol. The van der Waals surface area contributed by atoms with Crippen molar-refractivity contribution in [2.45, 2.75) is 20.0 Å². The van der Waals surface area contributed by atoms with Crippen LogP contribution in [0.5, 0.6) is 5.75 Å². The van der Waals surface area contributed by atoms with Crippen LogP contribution in [0.3, 0.4) is 0 Å². The lowest BCUT2D eigenvalue weighted by Crippen LogP contribution is -2.24. The highest BCUT2D eigenvalue weighted by atomic mass is 16.5. The molecule has 0 spiro atoms. The van der Waals surface area contributed by atoms with Crippen molar-refractivity contribution < 1.29 is 9.53 Å². The molecule has 5 heteroatoms. The summed E-state index contributed by atoms with van der Waals surface area (Å²) in [4.78, 5) is 22.7. The van der Waals surface area contributed by atoms with Gasteiger partial charge in [-0.3, -0.25) is 14.8 Å². The number of nitrogens with zero attached hydrogens (tertiary/aromatic N) is 3. The molecule has 2 aromatic heterocycles. The van der Waals surface area contributed by atoms with Gasteiger partial charge in [0, 0.05) is 18.0 Å². The number of anilines is 1. The molecule has 3 aromatic rings. The Bertz CT molecular complexity index is 825. The number of ketones is 1. The second kappa shape index (κ2) is 8.25. The van der Waals surface area contributed by atoms with Crippen molar-refractivity contribution in [1.29, 1.82) is 0 Å². The van der Waals surface area contributed by atoms with Gasteiger partial charge in [-0.1, -0.05) is 12.1 Å². The van der Waals surface area contributed by atoms with E-state index in [2.05, 4.69) is 14.9 Å². The number of benzene rings is 1. The van der Waals surface area contributed by atoms with Gasteiger partial charge in [-0.2, -0.15) is 0 Å². The second-order valence-corrected chi connectivity index (χ2v) is 5.94. The van der Waals surface area contributed by atoms with Crippen LogP contribution in [0.25, 0.3) is 0 Å². The van der Waals surface area contributed by atoms with Gasteiger partial charge in [0.2, 0.25) is 0 Å². The van der Waals surface area contributed by atoms with Gasteiger partial charge < -0.3 is 9.64 Å². The van der Waals surface area contributed by atoms with E-state index in [9.17, 15) is 4.79 Å². The molecule has 3 rings (SSSR count). The van der Waals surface area contributed by atoms with Gasteiger partial charge in [0.05, 0.1) is 37.3 Å². The third-order valence-corrected chi connectivity index (χ3v) is 4.08. The van der Waals surface area contributed by atoms with Crippen molar-refractivity contribution in [2.75, 3.05) is 12.0 Å². The topological polar surface area (TPSA) is 55.3 Å². The van der Waals surface area contributed by atoms with Crippen molar-refractivity contribution in [1.82, 2.24) is 9.97 Å². The summed E-state index contributed by atoms with van der Waals surface area (Å²) in [5.41, 5.74) is 3.41. The van der Waals surface area contributed by atoms with E-state index in [0.29, 0.717) is 24.4 Å². The molecular formula is C21H21N3O2. The van der Waals surface area contributed by atoms with Crippen molar-refractivity contribution in [3.63, 3.8) is 0 Å². The average Bonchev–Trinajstić information content (AvgIpc) is 2.68. The van der Waals surface area contributed by atoms with Crippen molar-refractivity contribution in [3.8, 4) is 5.75 Å². The SMILES string of the molecule is COc1cc(C(C)=O)ccc1N(Cc1ccccn1)Cc1ccccn1. The fraction of sp³-hybridized carbons (Fsp3) is 0.190. The van der Waals surface area contributed by atoms with E-state index >= 15 is 0 Å². The van der Waals surface area contributed by atoms with E-state index < -0.39 is 0 Å². The third kappa shape index (κ3) is 4.25. The number of methoxy groups -OCH3 is 1. The van der Waals surface area contributed by atoms with Gasteiger partial charge in [0.15, 0.2) is 5.78 Å². The van der Waals surface area contributed by atoms with Crippen LogP contribution in [0.15, 0.2) is 67.0 Å². The number of hydrogen-bond donors (Lipinski definition) is 0. The minimum Gasteiger partial charge on any atom is -0.495 e. The smallest absolute Gasteiger partial charge is 0.159 e. The molecule has 26 heavy (non-hydrogen) atoms. The van der Waals surface area contributed by atoms with E-state index in [1.807, 2.05) is 48.5 Å². The first-order chi connectivity index (χ1) is 12.7. The lowest BCUT2D eigenvalue weighted by Gasteiger charge is -2.26. The lowest BCUT2D eigenvalue weighted by atomic mass is 10.1. The molecule has 0 aliphatic rings. The molecule has 0 unspecified atom stereocenters. The molecule has 0 aliphatic carbocycles. The largest absolute Gasteiger partial charge is 0.495 e. The van der Waals surface area contributed by atoms with Crippen molar-refractivity contribution in [2.24, 2.45) is 0 Å². The molecule has 0 bridgehead atoms. The standard InChI is InChI=1S/C21H21N3O2/c1-16(25)17-9-10-20(21(13-17)26-2)24(14-18-7-3-5-11-22-18)15-19-8-4-6-12-23-19/h3-13H,14-15H2,1-2H3. The molecular weight excluding hydrogens is 326 g/mol. The molecule has 2 heterocycles. The molecule has 5 nitrogen and oxygen atoms in total. The quantitative estimate of drug-likeness (QED) is 0.607. The summed E-state index contributed by atoms with van der Waals surface area (Å²) in [7, 11) is 1.61. The van der Waals surface area contributed by atoms with E-state index in [1.54, 1.807) is 32.5 Å². The van der Waals surface area contributed by atoms with E-state index in [-0.39, 0.29) is 5.78 Å². The predicted octanol–water partition coefficient (Wildman–Crippen LogP) is 3.89. The maximum Gasteiger partial charge on any atom is 0.159 e. The number of carbonyl (C=O) groups is 1. The first-order valence-corrected chi connectivity index (χ1v) is 8.41. The van der Waals surface area contributed by atoms with E-state index in [1.165, 1.54) is 0 Å². The van der Waals surface area contributed by atoms with Crippen LogP contribution in [-0.4, -0.2) is 22.9 Å². The zero-order chi connectivity index (χ0) is 18.4. The van der Waals surface area contributed by atoms with Crippen LogP contribution < -0.4 is 9.64 Å². The Morgan fingerprint density at radius 2 is 1.58 bits per heavy atom. The number of Topliss-reactive ketones (excluding diaryl/α,β-unsaturated/α-hetero) is 1. The van der Waals surface area contributed by atoms with Crippen LogP contribution in [0.1, 0.15) is 28.7 Å². The highest BCUT2D eigenvalue weighted by Crippen LogP contribution is 2.31. The molecule has 0 radical (unpaired) electrons. The summed E-state index contributed by atoms with van der Waals surface area (Å²) in [5, 5.41) is 0. The molecule has 0 saturated carbocycles. The molecule has 0 N–H and O–H groups in total. The van der Waals surface area contributed by atoms with Crippen molar-refractivity contribution in [3.05, 3.63) is 83.9 Å². The summed E-state index contributed by atoms with van der Waals surface area (Å²) in [6.45, 7) is 2.76. The Balaban J connectivity index is 1.98.